The number of aliphatic hydroxyl groups is 1. The highest BCUT2D eigenvalue weighted by molar-refractivity contribution is 7.99. The summed E-state index contributed by atoms with van der Waals surface area (Å²) in [6, 6.07) is 0. The molecule has 0 aliphatic carbocycles. The van der Waals surface area contributed by atoms with Crippen molar-refractivity contribution in [1.29, 1.82) is 0 Å². The average molecular weight is 247 g/mol. The highest BCUT2D eigenvalue weighted by Gasteiger charge is 2.06. The molecular formula is C8H13N3O2S2. The molecule has 0 aliphatic heterocycles. The van der Waals surface area contributed by atoms with E-state index in [9.17, 15) is 4.79 Å². The molecule has 84 valence electrons. The number of aliphatic hydroxyl groups excluding tert-OH is 1. The molecule has 0 saturated heterocycles. The van der Waals surface area contributed by atoms with Crippen LogP contribution in [0.15, 0.2) is 5.38 Å². The van der Waals surface area contributed by atoms with Gasteiger partial charge in [-0.15, -0.1) is 5.10 Å². The predicted octanol–water partition coefficient (Wildman–Crippen LogP) is 0.384. The first-order valence-corrected chi connectivity index (χ1v) is 6.57. The van der Waals surface area contributed by atoms with Gasteiger partial charge in [-0.3, -0.25) is 4.79 Å². The van der Waals surface area contributed by atoms with Crippen LogP contribution in [0.25, 0.3) is 0 Å². The molecule has 0 aromatic carbocycles. The van der Waals surface area contributed by atoms with Crippen molar-refractivity contribution in [1.82, 2.24) is 14.9 Å². The van der Waals surface area contributed by atoms with Crippen LogP contribution in [-0.2, 0) is 0 Å². The number of hydrogen-bond acceptors (Lipinski definition) is 6. The number of thioether (sulfide) groups is 1. The van der Waals surface area contributed by atoms with E-state index < -0.39 is 0 Å². The van der Waals surface area contributed by atoms with E-state index in [1.54, 1.807) is 17.1 Å². The zero-order valence-electron chi connectivity index (χ0n) is 8.18. The van der Waals surface area contributed by atoms with E-state index in [4.69, 9.17) is 5.11 Å². The molecule has 15 heavy (non-hydrogen) atoms. The maximum atomic E-state index is 11.3. The Morgan fingerprint density at radius 3 is 3.13 bits per heavy atom. The lowest BCUT2D eigenvalue weighted by molar-refractivity contribution is 0.0951. The molecule has 1 amide bonds. The highest BCUT2D eigenvalue weighted by atomic mass is 32.2. The fraction of sp³-hybridized carbons (Fsp3) is 0.625. The normalized spacial score (nSPS) is 10.2. The van der Waals surface area contributed by atoms with Crippen LogP contribution in [0.4, 0.5) is 0 Å². The van der Waals surface area contributed by atoms with Gasteiger partial charge in [-0.2, -0.15) is 11.8 Å². The van der Waals surface area contributed by atoms with Crippen molar-refractivity contribution in [2.45, 2.75) is 6.42 Å². The fourth-order valence-electron chi connectivity index (χ4n) is 0.860. The van der Waals surface area contributed by atoms with Crippen molar-refractivity contribution in [3.8, 4) is 0 Å². The molecule has 7 heteroatoms. The van der Waals surface area contributed by atoms with Crippen molar-refractivity contribution < 1.29 is 9.90 Å². The summed E-state index contributed by atoms with van der Waals surface area (Å²) in [6.45, 7) is 0.844. The van der Waals surface area contributed by atoms with Gasteiger partial charge >= 0.3 is 0 Å². The molecule has 0 saturated carbocycles. The Labute approximate surface area is 96.4 Å². The van der Waals surface area contributed by atoms with Crippen LogP contribution >= 0.6 is 23.3 Å². The highest BCUT2D eigenvalue weighted by Crippen LogP contribution is 2.01. The Morgan fingerprint density at radius 1 is 1.60 bits per heavy atom. The summed E-state index contributed by atoms with van der Waals surface area (Å²) in [5.74, 6) is 1.60. The van der Waals surface area contributed by atoms with E-state index in [-0.39, 0.29) is 12.5 Å². The lowest BCUT2D eigenvalue weighted by Gasteiger charge is -2.02. The standard InChI is InChI=1S/C8H13N3O2S2/c12-3-1-4-14-5-2-9-8(13)7-6-15-11-10-7/h6,12H,1-5H2,(H,9,13). The van der Waals surface area contributed by atoms with Gasteiger partial charge in [-0.05, 0) is 23.7 Å². The molecule has 0 radical (unpaired) electrons. The van der Waals surface area contributed by atoms with Crippen molar-refractivity contribution in [2.75, 3.05) is 24.7 Å². The number of carbonyl (C=O) groups is 1. The van der Waals surface area contributed by atoms with Crippen molar-refractivity contribution >= 4 is 29.2 Å². The maximum Gasteiger partial charge on any atom is 0.272 e. The summed E-state index contributed by atoms with van der Waals surface area (Å²) in [6.07, 6.45) is 0.800. The third-order valence-corrected chi connectivity index (χ3v) is 3.15. The Bertz CT molecular complexity index is 279. The van der Waals surface area contributed by atoms with Gasteiger partial charge in [0.2, 0.25) is 0 Å². The largest absolute Gasteiger partial charge is 0.396 e. The molecule has 1 aromatic rings. The quantitative estimate of drug-likeness (QED) is 0.681. The van der Waals surface area contributed by atoms with Gasteiger partial charge in [-0.25, -0.2) is 0 Å². The first-order valence-electron chi connectivity index (χ1n) is 4.58. The van der Waals surface area contributed by atoms with Crippen molar-refractivity contribution in [2.24, 2.45) is 0 Å². The Kier molecular flexibility index (Phi) is 6.29. The third kappa shape index (κ3) is 5.10. The molecule has 0 aliphatic rings. The van der Waals surface area contributed by atoms with E-state index in [1.165, 1.54) is 0 Å². The van der Waals surface area contributed by atoms with Crippen LogP contribution in [0.2, 0.25) is 0 Å². The summed E-state index contributed by atoms with van der Waals surface area (Å²) < 4.78 is 3.61. The topological polar surface area (TPSA) is 75.1 Å². The first kappa shape index (κ1) is 12.4. The molecule has 0 atom stereocenters. The summed E-state index contributed by atoms with van der Waals surface area (Å²) >= 11 is 2.87. The van der Waals surface area contributed by atoms with Gasteiger partial charge in [0.15, 0.2) is 5.69 Å². The lowest BCUT2D eigenvalue weighted by atomic mass is 10.4. The Hall–Kier alpha value is -0.660. The second kappa shape index (κ2) is 7.61. The average Bonchev–Trinajstić information content (AvgIpc) is 2.76. The van der Waals surface area contributed by atoms with Crippen LogP contribution in [0, 0.1) is 0 Å². The molecule has 0 unspecified atom stereocenters. The van der Waals surface area contributed by atoms with Crippen LogP contribution in [0.5, 0.6) is 0 Å². The number of nitrogens with one attached hydrogen (secondary N) is 1. The van der Waals surface area contributed by atoms with E-state index >= 15 is 0 Å². The minimum Gasteiger partial charge on any atom is -0.396 e. The fourth-order valence-corrected chi connectivity index (χ4v) is 2.08. The summed E-state index contributed by atoms with van der Waals surface area (Å²) in [5, 5.41) is 16.6. The second-order valence-electron chi connectivity index (χ2n) is 2.74. The number of aromatic nitrogens is 2. The van der Waals surface area contributed by atoms with E-state index in [0.717, 1.165) is 29.5 Å². The first-order chi connectivity index (χ1) is 7.34. The Balaban J connectivity index is 2.03. The third-order valence-electron chi connectivity index (χ3n) is 1.57. The number of carbonyl (C=O) groups excluding carboxylic acids is 1. The molecule has 0 bridgehead atoms. The van der Waals surface area contributed by atoms with Gasteiger partial charge in [0, 0.05) is 24.3 Å². The molecule has 0 fully saturated rings. The SMILES string of the molecule is O=C(NCCSCCCO)c1csnn1. The van der Waals surface area contributed by atoms with Crippen LogP contribution < -0.4 is 5.32 Å². The minimum absolute atomic E-state index is 0.175. The predicted molar refractivity (Wildman–Crippen MR) is 61.3 cm³/mol. The summed E-state index contributed by atoms with van der Waals surface area (Å²) in [7, 11) is 0. The van der Waals surface area contributed by atoms with Gasteiger partial charge in [-0.1, -0.05) is 4.49 Å². The molecule has 5 nitrogen and oxygen atoms in total. The van der Waals surface area contributed by atoms with Crippen LogP contribution in [0.3, 0.4) is 0 Å². The van der Waals surface area contributed by atoms with E-state index in [1.807, 2.05) is 0 Å². The smallest absolute Gasteiger partial charge is 0.272 e. The van der Waals surface area contributed by atoms with Crippen LogP contribution in [0.1, 0.15) is 16.9 Å². The Morgan fingerprint density at radius 2 is 2.47 bits per heavy atom. The van der Waals surface area contributed by atoms with Gasteiger partial charge in [0.1, 0.15) is 0 Å². The molecule has 1 aromatic heterocycles. The van der Waals surface area contributed by atoms with Gasteiger partial charge < -0.3 is 10.4 Å². The number of rotatable bonds is 7. The summed E-state index contributed by atoms with van der Waals surface area (Å²) in [5.41, 5.74) is 0.375. The molecule has 2 N–H and O–H groups in total. The van der Waals surface area contributed by atoms with E-state index in [2.05, 4.69) is 14.9 Å². The van der Waals surface area contributed by atoms with Gasteiger partial charge in [0.05, 0.1) is 0 Å². The molecular weight excluding hydrogens is 234 g/mol. The maximum absolute atomic E-state index is 11.3. The van der Waals surface area contributed by atoms with Crippen LogP contribution in [-0.4, -0.2) is 45.3 Å². The molecule has 1 heterocycles. The second-order valence-corrected chi connectivity index (χ2v) is 4.57. The summed E-state index contributed by atoms with van der Waals surface area (Å²) in [4.78, 5) is 11.3. The monoisotopic (exact) mass is 247 g/mol. The zero-order valence-corrected chi connectivity index (χ0v) is 9.81. The number of nitrogens with zero attached hydrogens (tertiary/aromatic N) is 2. The minimum atomic E-state index is -0.175. The zero-order chi connectivity index (χ0) is 10.9. The van der Waals surface area contributed by atoms with E-state index in [0.29, 0.717) is 12.2 Å². The van der Waals surface area contributed by atoms with Crippen molar-refractivity contribution in [3.63, 3.8) is 0 Å². The molecule has 0 spiro atoms. The van der Waals surface area contributed by atoms with Crippen molar-refractivity contribution in [3.05, 3.63) is 11.1 Å². The lowest BCUT2D eigenvalue weighted by Crippen LogP contribution is -2.26. The molecule has 1 rings (SSSR count). The number of hydrogen-bond donors (Lipinski definition) is 2. The van der Waals surface area contributed by atoms with Gasteiger partial charge in [0.25, 0.3) is 5.91 Å². The number of amides is 1.